The van der Waals surface area contributed by atoms with Crippen LogP contribution in [-0.2, 0) is 26.0 Å². The molecule has 0 aliphatic carbocycles. The number of nitrogens with zero attached hydrogens (tertiary/aromatic N) is 2. The van der Waals surface area contributed by atoms with E-state index in [0.717, 1.165) is 10.6 Å². The van der Waals surface area contributed by atoms with E-state index in [0.29, 0.717) is 5.69 Å². The van der Waals surface area contributed by atoms with Crippen LogP contribution in [0, 0.1) is 0 Å². The highest BCUT2D eigenvalue weighted by Gasteiger charge is 2.23. The van der Waals surface area contributed by atoms with Gasteiger partial charge in [-0.25, -0.2) is 13.2 Å². The van der Waals surface area contributed by atoms with Crippen molar-refractivity contribution in [2.45, 2.75) is 12.8 Å². The van der Waals surface area contributed by atoms with Gasteiger partial charge in [0.1, 0.15) is 6.26 Å². The number of aryl methyl sites for hydroxylation is 1. The molecule has 0 bridgehead atoms. The van der Waals surface area contributed by atoms with Crippen molar-refractivity contribution >= 4 is 39.3 Å². The third kappa shape index (κ3) is 5.04. The largest absolute Gasteiger partial charge is 0.389 e. The molecule has 0 N–H and O–H groups in total. The normalized spacial score (nSPS) is 11.2. The lowest BCUT2D eigenvalue weighted by Gasteiger charge is -2.19. The number of anilines is 1. The van der Waals surface area contributed by atoms with Crippen LogP contribution in [0.4, 0.5) is 5.69 Å². The smallest absolute Gasteiger partial charge is 0.347 e. The van der Waals surface area contributed by atoms with Crippen LogP contribution in [-0.4, -0.2) is 38.8 Å². The lowest BCUT2D eigenvalue weighted by molar-refractivity contribution is -0.137. The van der Waals surface area contributed by atoms with Gasteiger partial charge in [0.05, 0.1) is 29.6 Å². The molecule has 0 aliphatic heterocycles. The van der Waals surface area contributed by atoms with Gasteiger partial charge in [0, 0.05) is 24.6 Å². The molecule has 8 nitrogen and oxygen atoms in total. The summed E-state index contributed by atoms with van der Waals surface area (Å²) in [6.45, 7) is 0. The third-order valence-corrected chi connectivity index (χ3v) is 4.73. The summed E-state index contributed by atoms with van der Waals surface area (Å²) in [5, 5.41) is 3.88. The Morgan fingerprint density at radius 1 is 1.32 bits per heavy atom. The molecule has 2 rings (SSSR count). The van der Waals surface area contributed by atoms with Gasteiger partial charge in [-0.05, 0) is 18.2 Å². The summed E-state index contributed by atoms with van der Waals surface area (Å²) in [6.07, 6.45) is 2.52. The van der Waals surface area contributed by atoms with E-state index in [9.17, 15) is 18.0 Å². The summed E-state index contributed by atoms with van der Waals surface area (Å²) >= 11 is 5.87. The molecule has 0 aliphatic rings. The van der Waals surface area contributed by atoms with Gasteiger partial charge in [0.15, 0.2) is 0 Å². The first-order chi connectivity index (χ1) is 11.7. The third-order valence-electron chi connectivity index (χ3n) is 3.30. The van der Waals surface area contributed by atoms with E-state index in [1.54, 1.807) is 6.07 Å². The molecule has 0 saturated carbocycles. The number of hydrogen-bond donors (Lipinski definition) is 0. The molecule has 0 fully saturated rings. The van der Waals surface area contributed by atoms with Crippen LogP contribution >= 0.6 is 11.6 Å². The molecule has 0 atom stereocenters. The van der Waals surface area contributed by atoms with Crippen molar-refractivity contribution in [3.8, 4) is 0 Å². The lowest BCUT2D eigenvalue weighted by Crippen LogP contribution is -2.27. The predicted molar refractivity (Wildman–Crippen MR) is 89.9 cm³/mol. The first-order valence-corrected chi connectivity index (χ1v) is 9.29. The van der Waals surface area contributed by atoms with Crippen molar-refractivity contribution in [3.63, 3.8) is 0 Å². The maximum atomic E-state index is 12.2. The van der Waals surface area contributed by atoms with Crippen molar-refractivity contribution in [3.05, 3.63) is 46.8 Å². The number of rotatable bonds is 6. The summed E-state index contributed by atoms with van der Waals surface area (Å²) in [7, 11) is -2.37. The maximum Gasteiger partial charge on any atom is 0.347 e. The molecule has 25 heavy (non-hydrogen) atoms. The van der Waals surface area contributed by atoms with Crippen molar-refractivity contribution in [1.82, 2.24) is 5.16 Å². The van der Waals surface area contributed by atoms with Crippen LogP contribution in [0.25, 0.3) is 0 Å². The number of carbonyl (C=O) groups excluding carboxylic acids is 2. The minimum absolute atomic E-state index is 0.0179. The average molecular weight is 387 g/mol. The maximum absolute atomic E-state index is 12.2. The Labute approximate surface area is 149 Å². The van der Waals surface area contributed by atoms with Crippen molar-refractivity contribution in [2.75, 3.05) is 17.6 Å². The Hall–Kier alpha value is -2.39. The van der Waals surface area contributed by atoms with E-state index in [-0.39, 0.29) is 29.1 Å². The second-order valence-corrected chi connectivity index (χ2v) is 7.59. The van der Waals surface area contributed by atoms with Gasteiger partial charge < -0.3 is 9.26 Å². The van der Waals surface area contributed by atoms with E-state index in [4.69, 9.17) is 16.3 Å². The summed E-state index contributed by atoms with van der Waals surface area (Å²) < 4.78 is 33.7. The van der Waals surface area contributed by atoms with Crippen LogP contribution in [0.1, 0.15) is 22.5 Å². The first-order valence-electron chi connectivity index (χ1n) is 7.06. The van der Waals surface area contributed by atoms with E-state index in [1.165, 1.54) is 31.5 Å². The molecule has 0 saturated heterocycles. The number of carbonyl (C=O) groups is 2. The molecule has 134 valence electrons. The summed E-state index contributed by atoms with van der Waals surface area (Å²) in [6, 6.07) is 5.59. The molecule has 10 heteroatoms. The Balaban J connectivity index is 2.14. The zero-order chi connectivity index (χ0) is 18.6. The van der Waals surface area contributed by atoms with E-state index < -0.39 is 22.0 Å². The Morgan fingerprint density at radius 3 is 2.64 bits per heavy atom. The fourth-order valence-electron chi connectivity index (χ4n) is 1.92. The molecule has 0 amide bonds. The number of esters is 2. The second kappa shape index (κ2) is 7.66. The highest BCUT2D eigenvalue weighted by molar-refractivity contribution is 7.92. The number of sulfonamides is 1. The average Bonchev–Trinajstić information content (AvgIpc) is 3.04. The van der Waals surface area contributed by atoms with Gasteiger partial charge in [-0.15, -0.1) is 0 Å². The fourth-order valence-corrected chi connectivity index (χ4v) is 2.60. The van der Waals surface area contributed by atoms with E-state index in [2.05, 4.69) is 9.68 Å². The van der Waals surface area contributed by atoms with Crippen LogP contribution in [0.2, 0.25) is 5.02 Å². The molecule has 1 heterocycles. The summed E-state index contributed by atoms with van der Waals surface area (Å²) in [5.41, 5.74) is 0.477. The van der Waals surface area contributed by atoms with E-state index >= 15 is 0 Å². The van der Waals surface area contributed by atoms with Crippen molar-refractivity contribution in [1.29, 1.82) is 0 Å². The lowest BCUT2D eigenvalue weighted by atomic mass is 10.2. The minimum atomic E-state index is -3.63. The molecule has 1 aromatic heterocycles. The number of ether oxygens (including phenoxy) is 1. The van der Waals surface area contributed by atoms with Crippen LogP contribution < -0.4 is 4.31 Å². The molecular weight excluding hydrogens is 372 g/mol. The SMILES string of the molecule is CN(c1cc(Cl)ccc1C(=O)OC(=O)CCc1ccon1)S(C)(=O)=O. The second-order valence-electron chi connectivity index (χ2n) is 5.14. The first kappa shape index (κ1) is 18.9. The van der Waals surface area contributed by atoms with Gasteiger partial charge in [-0.1, -0.05) is 16.8 Å². The number of hydrogen-bond acceptors (Lipinski definition) is 7. The van der Waals surface area contributed by atoms with Crippen molar-refractivity contribution in [2.24, 2.45) is 0 Å². The van der Waals surface area contributed by atoms with Gasteiger partial charge >= 0.3 is 11.9 Å². The zero-order valence-corrected chi connectivity index (χ0v) is 15.0. The molecule has 0 radical (unpaired) electrons. The van der Waals surface area contributed by atoms with Crippen LogP contribution in [0.15, 0.2) is 35.1 Å². The standard InChI is InChI=1S/C15H15ClN2O6S/c1-18(25(2,21)22)13-9-10(16)3-5-12(13)15(20)24-14(19)6-4-11-7-8-23-17-11/h3,5,7-9H,4,6H2,1-2H3. The predicted octanol–water partition coefficient (Wildman–Crippen LogP) is 2.04. The van der Waals surface area contributed by atoms with Crippen molar-refractivity contribution < 1.29 is 27.3 Å². The number of aromatic nitrogens is 1. The van der Waals surface area contributed by atoms with Crippen LogP contribution in [0.3, 0.4) is 0 Å². The van der Waals surface area contributed by atoms with Gasteiger partial charge in [0.25, 0.3) is 0 Å². The number of halogens is 1. The molecule has 2 aromatic rings. The van der Waals surface area contributed by atoms with Gasteiger partial charge in [-0.3, -0.25) is 9.10 Å². The van der Waals surface area contributed by atoms with Gasteiger partial charge in [0.2, 0.25) is 10.0 Å². The topological polar surface area (TPSA) is 107 Å². The Morgan fingerprint density at radius 2 is 2.04 bits per heavy atom. The zero-order valence-electron chi connectivity index (χ0n) is 13.4. The Bertz CT molecular complexity index is 879. The van der Waals surface area contributed by atoms with E-state index in [1.807, 2.05) is 0 Å². The highest BCUT2D eigenvalue weighted by atomic mass is 35.5. The summed E-state index contributed by atoms with van der Waals surface area (Å²) in [5.74, 6) is -1.73. The molecule has 1 aromatic carbocycles. The van der Waals surface area contributed by atoms with Gasteiger partial charge in [-0.2, -0.15) is 0 Å². The molecule has 0 spiro atoms. The highest BCUT2D eigenvalue weighted by Crippen LogP contribution is 2.26. The molecular formula is C15H15ClN2O6S. The minimum Gasteiger partial charge on any atom is -0.389 e. The number of benzene rings is 1. The summed E-state index contributed by atoms with van der Waals surface area (Å²) in [4.78, 5) is 24.0. The monoisotopic (exact) mass is 386 g/mol. The Kier molecular flexibility index (Phi) is 5.81. The quantitative estimate of drug-likeness (QED) is 0.552. The molecule has 0 unspecified atom stereocenters. The van der Waals surface area contributed by atoms with Crippen LogP contribution in [0.5, 0.6) is 0 Å². The fraction of sp³-hybridized carbons (Fsp3) is 0.267.